The molecule has 0 N–H and O–H groups in total. The Morgan fingerprint density at radius 2 is 0.517 bits per heavy atom. The topological polar surface area (TPSA) is 40.1 Å². The molecule has 0 unspecified atom stereocenters. The van der Waals surface area contributed by atoms with Crippen LogP contribution in [0.5, 0.6) is 0 Å². The first-order valence-electron chi connectivity index (χ1n) is 12.7. The summed E-state index contributed by atoms with van der Waals surface area (Å²) in [5, 5.41) is 10.1. The normalized spacial score (nSPS) is 16.4. The average Bonchev–Trinajstić information content (AvgIpc) is 2.98. The molecule has 0 aliphatic heterocycles. The van der Waals surface area contributed by atoms with Gasteiger partial charge in [-0.15, -0.1) is 0 Å². The molecule has 58 heavy (non-hydrogen) atoms. The zero-order chi connectivity index (χ0) is 47.1. The van der Waals surface area contributed by atoms with Crippen molar-refractivity contribution < 1.29 is 174 Å². The van der Waals surface area contributed by atoms with E-state index in [4.69, 9.17) is 0 Å². The van der Waals surface area contributed by atoms with Crippen molar-refractivity contribution in [1.82, 2.24) is 0 Å². The first-order valence-corrected chi connectivity index (χ1v) is 13.8. The number of rotatable bonds is 20. The Morgan fingerprint density at radius 3 is 0.707 bits per heavy atom. The van der Waals surface area contributed by atoms with Crippen LogP contribution in [0.15, 0.2) is 0 Å². The molecule has 0 aromatic heterocycles. The number of thioether (sulfide) groups is 1. The molecule has 0 heterocycles. The number of hydrogen-bond donors (Lipinski definition) is 0. The van der Waals surface area contributed by atoms with Crippen molar-refractivity contribution in [3.05, 3.63) is 0 Å². The number of carbonyl (C=O) groups excluding carboxylic acids is 1. The molecule has 0 saturated carbocycles. The zero-order valence-electron chi connectivity index (χ0n) is 26.0. The third kappa shape index (κ3) is 7.56. The van der Waals surface area contributed by atoms with Gasteiger partial charge >= 0.3 is 114 Å². The van der Waals surface area contributed by atoms with Gasteiger partial charge in [-0.3, -0.25) is 0 Å². The number of hydrogen-bond acceptors (Lipinski definition) is 3. The fraction of sp³-hybridized carbons (Fsp3) is 0.952. The van der Waals surface area contributed by atoms with Gasteiger partial charge in [0.25, 0.3) is 0 Å². The summed E-state index contributed by atoms with van der Waals surface area (Å²) in [6.45, 7) is 0. The molecule has 0 aromatic carbocycles. The van der Waals surface area contributed by atoms with E-state index >= 15 is 0 Å². The van der Waals surface area contributed by atoms with Gasteiger partial charge in [0.15, 0.2) is 0 Å². The second kappa shape index (κ2) is 15.5. The van der Waals surface area contributed by atoms with Crippen molar-refractivity contribution in [2.45, 2.75) is 108 Å². The molecule has 37 heteroatoms. The molecule has 0 aromatic rings. The Bertz CT molecular complexity index is 1450. The smallest absolute Gasteiger partial charge is 0.550 e. The van der Waals surface area contributed by atoms with E-state index in [2.05, 4.69) is 0 Å². The van der Waals surface area contributed by atoms with Gasteiger partial charge in [-0.2, -0.15) is 157 Å². The SMILES string of the molecule is O=C([O-])CCSCCC(F)(F)C(F)(F)C(F)(F)C(F)(F)C(F)(F)C(F)(F)C(F)(F)C(F)(F)C(F)(F)C(F)(F)C(F)(F)C(F)(F)C(F)(F)C(F)(F)C(F)(F)C(F)(F)F.[Li+]. The van der Waals surface area contributed by atoms with Gasteiger partial charge in [0.2, 0.25) is 0 Å². The Kier molecular flexibility index (Phi) is 15.5. The van der Waals surface area contributed by atoms with Gasteiger partial charge in [0.1, 0.15) is 0 Å². The van der Waals surface area contributed by atoms with Crippen molar-refractivity contribution >= 4 is 17.7 Å². The molecular weight excluding hydrogens is 950 g/mol. The molecular formula is C21H8F33LiO2S. The molecule has 0 aliphatic carbocycles. The van der Waals surface area contributed by atoms with Gasteiger partial charge in [0, 0.05) is 12.4 Å². The molecule has 0 aliphatic rings. The van der Waals surface area contributed by atoms with Gasteiger partial charge in [-0.1, -0.05) is 0 Å². The van der Waals surface area contributed by atoms with Crippen molar-refractivity contribution in [3.8, 4) is 0 Å². The molecule has 0 radical (unpaired) electrons. The molecule has 2 nitrogen and oxygen atoms in total. The van der Waals surface area contributed by atoms with Gasteiger partial charge in [-0.05, 0) is 17.9 Å². The number of carboxylic acids is 1. The van der Waals surface area contributed by atoms with E-state index in [1.165, 1.54) is 0 Å². The zero-order valence-corrected chi connectivity index (χ0v) is 26.8. The Balaban J connectivity index is 0. The first-order chi connectivity index (χ1) is 24.2. The number of alkyl halides is 33. The van der Waals surface area contributed by atoms with Gasteiger partial charge in [-0.25, -0.2) is 0 Å². The van der Waals surface area contributed by atoms with E-state index in [0.29, 0.717) is 0 Å². The largest absolute Gasteiger partial charge is 1.00 e. The monoisotopic (exact) mass is 958 g/mol. The number of carboxylic acid groups (broad SMARTS) is 1. The van der Waals surface area contributed by atoms with Crippen LogP contribution >= 0.6 is 11.8 Å². The average molecular weight is 958 g/mol. The number of halogens is 33. The van der Waals surface area contributed by atoms with Crippen LogP contribution in [0.3, 0.4) is 0 Å². The maximum absolute atomic E-state index is 14.0. The van der Waals surface area contributed by atoms with E-state index in [-0.39, 0.29) is 30.6 Å². The van der Waals surface area contributed by atoms with E-state index in [0.717, 1.165) is 0 Å². The summed E-state index contributed by atoms with van der Waals surface area (Å²) in [7, 11) is 0. The maximum Gasteiger partial charge on any atom is 1.00 e. The van der Waals surface area contributed by atoms with Crippen LogP contribution in [0.1, 0.15) is 12.8 Å². The van der Waals surface area contributed by atoms with E-state index in [9.17, 15) is 155 Å². The predicted molar refractivity (Wildman–Crippen MR) is 112 cm³/mol. The minimum atomic E-state index is -10.2. The van der Waals surface area contributed by atoms with Crippen molar-refractivity contribution in [2.24, 2.45) is 0 Å². The third-order valence-electron chi connectivity index (χ3n) is 6.95. The van der Waals surface area contributed by atoms with Gasteiger partial charge in [0.05, 0.1) is 0 Å². The maximum atomic E-state index is 14.0. The molecule has 0 amide bonds. The molecule has 0 spiro atoms. The minimum Gasteiger partial charge on any atom is -0.550 e. The fourth-order valence-electron chi connectivity index (χ4n) is 3.39. The Labute approximate surface area is 311 Å². The molecule has 342 valence electrons. The van der Waals surface area contributed by atoms with E-state index in [1.807, 2.05) is 0 Å². The van der Waals surface area contributed by atoms with Crippen molar-refractivity contribution in [3.63, 3.8) is 0 Å². The first kappa shape index (κ1) is 58.2. The summed E-state index contributed by atoms with van der Waals surface area (Å²) in [5.41, 5.74) is 0. The molecule has 0 fully saturated rings. The Hall–Kier alpha value is -1.89. The summed E-state index contributed by atoms with van der Waals surface area (Å²) in [6.07, 6.45) is -12.7. The standard InChI is InChI=1S/C21H9F33O2S.Li/c22-6(23,2-4-57-3-1-5(55)56)7(24,25)8(26,27)9(28,29)10(30,31)11(32,33)12(34,35)13(36,37)14(38,39)15(40,41)16(42,43)17(44,45)18(46,47)19(48,49)20(50,51)21(52,53)54;/h1-4H2,(H,55,56);/q;+1/p-1. The molecule has 0 bridgehead atoms. The van der Waals surface area contributed by atoms with Crippen molar-refractivity contribution in [2.75, 3.05) is 11.5 Å². The third-order valence-corrected chi connectivity index (χ3v) is 7.94. The van der Waals surface area contributed by atoms with E-state index in [1.54, 1.807) is 0 Å². The van der Waals surface area contributed by atoms with Crippen LogP contribution in [0, 0.1) is 0 Å². The van der Waals surface area contributed by atoms with Crippen LogP contribution in [0.25, 0.3) is 0 Å². The number of aliphatic carboxylic acids is 1. The fourth-order valence-corrected chi connectivity index (χ4v) is 4.30. The van der Waals surface area contributed by atoms with Crippen molar-refractivity contribution in [1.29, 1.82) is 0 Å². The Morgan fingerprint density at radius 1 is 0.328 bits per heavy atom. The van der Waals surface area contributed by atoms with Crippen LogP contribution in [-0.2, 0) is 4.79 Å². The summed E-state index contributed by atoms with van der Waals surface area (Å²) < 4.78 is 448. The molecule has 0 rings (SSSR count). The second-order valence-electron chi connectivity index (χ2n) is 10.7. The van der Waals surface area contributed by atoms with Crippen LogP contribution < -0.4 is 24.0 Å². The summed E-state index contributed by atoms with van der Waals surface area (Å²) in [5.74, 6) is -148. The quantitative estimate of drug-likeness (QED) is 0.0730. The molecule has 0 atom stereocenters. The molecule has 0 saturated heterocycles. The summed E-state index contributed by atoms with van der Waals surface area (Å²) >= 11 is -0.337. The van der Waals surface area contributed by atoms with Gasteiger partial charge < -0.3 is 9.90 Å². The van der Waals surface area contributed by atoms with Crippen LogP contribution in [-0.4, -0.2) is 112 Å². The van der Waals surface area contributed by atoms with E-state index < -0.39 is 125 Å². The second-order valence-corrected chi connectivity index (χ2v) is 12.0. The minimum absolute atomic E-state index is 0. The van der Waals surface area contributed by atoms with Crippen LogP contribution in [0.2, 0.25) is 0 Å². The number of carbonyl (C=O) groups is 1. The van der Waals surface area contributed by atoms with Crippen LogP contribution in [0.4, 0.5) is 145 Å². The predicted octanol–water partition coefficient (Wildman–Crippen LogP) is 7.35. The summed E-state index contributed by atoms with van der Waals surface area (Å²) in [6, 6.07) is 0. The summed E-state index contributed by atoms with van der Waals surface area (Å²) in [4.78, 5) is 10.1.